The van der Waals surface area contributed by atoms with Gasteiger partial charge in [-0.2, -0.15) is 0 Å². The summed E-state index contributed by atoms with van der Waals surface area (Å²) in [4.78, 5) is 0. The Labute approximate surface area is 124 Å². The largest absolute Gasteiger partial charge is 0.381 e. The van der Waals surface area contributed by atoms with Crippen molar-refractivity contribution in [3.63, 3.8) is 0 Å². The summed E-state index contributed by atoms with van der Waals surface area (Å²) in [6, 6.07) is 0.605. The number of rotatable bonds is 6. The van der Waals surface area contributed by atoms with Crippen LogP contribution in [0.4, 0.5) is 0 Å². The van der Waals surface area contributed by atoms with Gasteiger partial charge in [-0.25, -0.2) is 0 Å². The minimum atomic E-state index is 0.384. The summed E-state index contributed by atoms with van der Waals surface area (Å²) in [5.74, 6) is 2.13. The molecule has 2 aliphatic heterocycles. The van der Waals surface area contributed by atoms with Crippen molar-refractivity contribution in [2.75, 3.05) is 19.8 Å². The first-order chi connectivity index (χ1) is 9.63. The maximum absolute atomic E-state index is 6.07. The SMILES string of the molecule is CCCNC(CC1CCOCC1)C1C(C)OC(C)C1C. The minimum Gasteiger partial charge on any atom is -0.381 e. The van der Waals surface area contributed by atoms with Crippen LogP contribution in [0.2, 0.25) is 0 Å². The molecule has 0 amide bonds. The zero-order chi connectivity index (χ0) is 14.5. The van der Waals surface area contributed by atoms with Crippen molar-refractivity contribution in [1.82, 2.24) is 5.32 Å². The fraction of sp³-hybridized carbons (Fsp3) is 1.00. The summed E-state index contributed by atoms with van der Waals surface area (Å²) < 4.78 is 11.6. The van der Waals surface area contributed by atoms with Gasteiger partial charge in [-0.15, -0.1) is 0 Å². The second-order valence-electron chi connectivity index (χ2n) is 6.83. The molecule has 0 saturated carbocycles. The highest BCUT2D eigenvalue weighted by atomic mass is 16.5. The molecule has 2 saturated heterocycles. The van der Waals surface area contributed by atoms with Gasteiger partial charge >= 0.3 is 0 Å². The molecule has 2 fully saturated rings. The molecule has 0 aliphatic carbocycles. The summed E-state index contributed by atoms with van der Waals surface area (Å²) in [5, 5.41) is 3.82. The molecule has 0 aromatic heterocycles. The topological polar surface area (TPSA) is 30.5 Å². The van der Waals surface area contributed by atoms with Gasteiger partial charge in [0.2, 0.25) is 0 Å². The fourth-order valence-electron chi connectivity index (χ4n) is 4.03. The molecule has 2 aliphatic rings. The molecule has 0 bridgehead atoms. The Hall–Kier alpha value is -0.120. The van der Waals surface area contributed by atoms with Crippen LogP contribution in [-0.2, 0) is 9.47 Å². The molecule has 0 aromatic rings. The van der Waals surface area contributed by atoms with E-state index in [1.165, 1.54) is 25.7 Å². The van der Waals surface area contributed by atoms with Crippen LogP contribution in [0.1, 0.15) is 53.4 Å². The van der Waals surface area contributed by atoms with Crippen LogP contribution in [0.25, 0.3) is 0 Å². The first-order valence-electron chi connectivity index (χ1n) is 8.60. The van der Waals surface area contributed by atoms with Gasteiger partial charge in [-0.05, 0) is 57.9 Å². The van der Waals surface area contributed by atoms with Gasteiger partial charge in [0.15, 0.2) is 0 Å². The van der Waals surface area contributed by atoms with E-state index in [2.05, 4.69) is 33.0 Å². The van der Waals surface area contributed by atoms with E-state index < -0.39 is 0 Å². The Bertz CT molecular complexity index is 278. The summed E-state index contributed by atoms with van der Waals surface area (Å²) >= 11 is 0. The van der Waals surface area contributed by atoms with E-state index in [1.54, 1.807) is 0 Å². The van der Waals surface area contributed by atoms with Crippen molar-refractivity contribution in [1.29, 1.82) is 0 Å². The first-order valence-corrected chi connectivity index (χ1v) is 8.60. The second kappa shape index (κ2) is 7.77. The zero-order valence-electron chi connectivity index (χ0n) is 13.7. The van der Waals surface area contributed by atoms with E-state index in [0.717, 1.165) is 25.7 Å². The molecule has 2 heterocycles. The van der Waals surface area contributed by atoms with Gasteiger partial charge in [0.1, 0.15) is 0 Å². The predicted molar refractivity (Wildman–Crippen MR) is 82.9 cm³/mol. The summed E-state index contributed by atoms with van der Waals surface area (Å²) in [6.07, 6.45) is 5.74. The van der Waals surface area contributed by atoms with Crippen LogP contribution in [0, 0.1) is 17.8 Å². The van der Waals surface area contributed by atoms with Crippen molar-refractivity contribution in [3.05, 3.63) is 0 Å². The lowest BCUT2D eigenvalue weighted by atomic mass is 9.78. The zero-order valence-corrected chi connectivity index (χ0v) is 13.7. The lowest BCUT2D eigenvalue weighted by Gasteiger charge is -2.34. The van der Waals surface area contributed by atoms with E-state index in [0.29, 0.717) is 30.1 Å². The average molecular weight is 283 g/mol. The molecule has 3 heteroatoms. The Morgan fingerprint density at radius 1 is 1.10 bits per heavy atom. The fourth-order valence-corrected chi connectivity index (χ4v) is 4.03. The quantitative estimate of drug-likeness (QED) is 0.812. The molecular weight excluding hydrogens is 250 g/mol. The average Bonchev–Trinajstić information content (AvgIpc) is 2.70. The van der Waals surface area contributed by atoms with Crippen molar-refractivity contribution in [2.45, 2.75) is 71.6 Å². The van der Waals surface area contributed by atoms with E-state index in [1.807, 2.05) is 0 Å². The molecule has 0 spiro atoms. The smallest absolute Gasteiger partial charge is 0.0597 e. The van der Waals surface area contributed by atoms with Gasteiger partial charge in [-0.1, -0.05) is 13.8 Å². The van der Waals surface area contributed by atoms with Crippen molar-refractivity contribution < 1.29 is 9.47 Å². The standard InChI is InChI=1S/C17H33NO2/c1-5-8-18-16(11-15-6-9-19-10-7-15)17-12(2)13(3)20-14(17)4/h12-18H,5-11H2,1-4H3. The third-order valence-corrected chi connectivity index (χ3v) is 5.37. The second-order valence-corrected chi connectivity index (χ2v) is 6.83. The van der Waals surface area contributed by atoms with Gasteiger partial charge < -0.3 is 14.8 Å². The highest BCUT2D eigenvalue weighted by molar-refractivity contribution is 4.92. The molecule has 0 radical (unpaired) electrons. The lowest BCUT2D eigenvalue weighted by Crippen LogP contribution is -2.44. The van der Waals surface area contributed by atoms with Crippen LogP contribution in [0.5, 0.6) is 0 Å². The molecule has 0 aromatic carbocycles. The van der Waals surface area contributed by atoms with Crippen LogP contribution in [0.3, 0.4) is 0 Å². The van der Waals surface area contributed by atoms with E-state index >= 15 is 0 Å². The number of nitrogens with one attached hydrogen (secondary N) is 1. The minimum absolute atomic E-state index is 0.384. The molecule has 118 valence electrons. The Morgan fingerprint density at radius 2 is 1.80 bits per heavy atom. The highest BCUT2D eigenvalue weighted by Crippen LogP contribution is 2.37. The number of hydrogen-bond donors (Lipinski definition) is 1. The van der Waals surface area contributed by atoms with Crippen LogP contribution < -0.4 is 5.32 Å². The Kier molecular flexibility index (Phi) is 6.31. The van der Waals surface area contributed by atoms with Crippen LogP contribution in [-0.4, -0.2) is 38.0 Å². The molecule has 2 rings (SSSR count). The summed E-state index contributed by atoms with van der Waals surface area (Å²) in [6.45, 7) is 12.1. The van der Waals surface area contributed by atoms with Crippen LogP contribution in [0.15, 0.2) is 0 Å². The van der Waals surface area contributed by atoms with E-state index in [4.69, 9.17) is 9.47 Å². The monoisotopic (exact) mass is 283 g/mol. The highest BCUT2D eigenvalue weighted by Gasteiger charge is 2.41. The molecule has 5 unspecified atom stereocenters. The predicted octanol–water partition coefficient (Wildman–Crippen LogP) is 3.23. The van der Waals surface area contributed by atoms with Gasteiger partial charge in [0.25, 0.3) is 0 Å². The Balaban J connectivity index is 1.98. The van der Waals surface area contributed by atoms with Crippen LogP contribution >= 0.6 is 0 Å². The molecule has 20 heavy (non-hydrogen) atoms. The van der Waals surface area contributed by atoms with Crippen molar-refractivity contribution in [3.8, 4) is 0 Å². The van der Waals surface area contributed by atoms with Crippen molar-refractivity contribution in [2.24, 2.45) is 17.8 Å². The van der Waals surface area contributed by atoms with Crippen molar-refractivity contribution >= 4 is 0 Å². The third-order valence-electron chi connectivity index (χ3n) is 5.37. The van der Waals surface area contributed by atoms with E-state index in [-0.39, 0.29) is 0 Å². The van der Waals surface area contributed by atoms with E-state index in [9.17, 15) is 0 Å². The number of hydrogen-bond acceptors (Lipinski definition) is 3. The molecule has 1 N–H and O–H groups in total. The number of ether oxygens (including phenoxy) is 2. The lowest BCUT2D eigenvalue weighted by molar-refractivity contribution is 0.0396. The summed E-state index contributed by atoms with van der Waals surface area (Å²) in [7, 11) is 0. The molecule has 5 atom stereocenters. The maximum atomic E-state index is 6.07. The Morgan fingerprint density at radius 3 is 2.35 bits per heavy atom. The maximum Gasteiger partial charge on any atom is 0.0597 e. The van der Waals surface area contributed by atoms with Gasteiger partial charge in [-0.3, -0.25) is 0 Å². The normalized spacial score (nSPS) is 37.2. The van der Waals surface area contributed by atoms with Gasteiger partial charge in [0.05, 0.1) is 12.2 Å². The van der Waals surface area contributed by atoms with Gasteiger partial charge in [0, 0.05) is 25.2 Å². The molecule has 3 nitrogen and oxygen atoms in total. The molecular formula is C17H33NO2. The summed E-state index contributed by atoms with van der Waals surface area (Å²) in [5.41, 5.74) is 0. The first kappa shape index (κ1) is 16.3. The third kappa shape index (κ3) is 3.96.